The molecule has 0 bridgehead atoms. The third-order valence-electron chi connectivity index (χ3n) is 4.64. The Morgan fingerprint density at radius 3 is 2.70 bits per heavy atom. The number of pyridine rings is 1. The van der Waals surface area contributed by atoms with Crippen molar-refractivity contribution >= 4 is 27.5 Å². The summed E-state index contributed by atoms with van der Waals surface area (Å²) in [6.07, 6.45) is 3.68. The molecule has 27 heavy (non-hydrogen) atoms. The van der Waals surface area contributed by atoms with Gasteiger partial charge in [-0.1, -0.05) is 30.3 Å². The van der Waals surface area contributed by atoms with Crippen molar-refractivity contribution in [3.8, 4) is 5.75 Å². The number of nitrogens with zero attached hydrogens (tertiary/aromatic N) is 2. The highest BCUT2D eigenvalue weighted by atomic mass is 16.5. The number of hydrogen-bond donors (Lipinski definition) is 2. The minimum atomic E-state index is 0.625. The molecule has 138 valence electrons. The first-order chi connectivity index (χ1) is 13.2. The molecule has 0 aliphatic rings. The first kappa shape index (κ1) is 17.4. The molecule has 5 nitrogen and oxygen atoms in total. The first-order valence-corrected chi connectivity index (χ1v) is 9.16. The van der Waals surface area contributed by atoms with Crippen LogP contribution in [0.3, 0.4) is 0 Å². The van der Waals surface area contributed by atoms with E-state index < -0.39 is 0 Å². The van der Waals surface area contributed by atoms with Crippen LogP contribution in [-0.2, 0) is 6.54 Å². The second-order valence-electron chi connectivity index (χ2n) is 6.90. The standard InChI is InChI=1S/C22H24N4O/c1-26(2)12-13-27-22-19(24-14-16-6-4-3-5-7-16)9-8-18-17-10-11-23-15-20(17)25-21(18)22/h3-11,15,24-25H,12-14H2,1-2H3. The summed E-state index contributed by atoms with van der Waals surface area (Å²) < 4.78 is 6.22. The van der Waals surface area contributed by atoms with Gasteiger partial charge in [0.1, 0.15) is 6.61 Å². The number of fused-ring (bicyclic) bond motifs is 3. The fourth-order valence-corrected chi connectivity index (χ4v) is 3.21. The molecule has 2 N–H and O–H groups in total. The summed E-state index contributed by atoms with van der Waals surface area (Å²) in [4.78, 5) is 9.83. The van der Waals surface area contributed by atoms with Crippen LogP contribution in [0.4, 0.5) is 5.69 Å². The highest BCUT2D eigenvalue weighted by Gasteiger charge is 2.14. The fourth-order valence-electron chi connectivity index (χ4n) is 3.21. The zero-order chi connectivity index (χ0) is 18.6. The third kappa shape index (κ3) is 3.73. The Balaban J connectivity index is 1.71. The van der Waals surface area contributed by atoms with Crippen molar-refractivity contribution in [2.75, 3.05) is 32.6 Å². The van der Waals surface area contributed by atoms with Crippen LogP contribution >= 0.6 is 0 Å². The second kappa shape index (κ2) is 7.68. The van der Waals surface area contributed by atoms with Crippen LogP contribution in [0.5, 0.6) is 5.75 Å². The minimum absolute atomic E-state index is 0.625. The SMILES string of the molecule is CN(C)CCOc1c(NCc2ccccc2)ccc2c1[nH]c1cnccc12. The lowest BCUT2D eigenvalue weighted by Gasteiger charge is -2.16. The number of aromatic nitrogens is 2. The molecule has 0 atom stereocenters. The van der Waals surface area contributed by atoms with Crippen LogP contribution in [0.15, 0.2) is 60.9 Å². The van der Waals surface area contributed by atoms with E-state index in [0.717, 1.165) is 46.3 Å². The fraction of sp³-hybridized carbons (Fsp3) is 0.227. The van der Waals surface area contributed by atoms with Crippen molar-refractivity contribution in [1.82, 2.24) is 14.9 Å². The van der Waals surface area contributed by atoms with Gasteiger partial charge in [-0.25, -0.2) is 0 Å². The third-order valence-corrected chi connectivity index (χ3v) is 4.64. The van der Waals surface area contributed by atoms with Gasteiger partial charge in [0.25, 0.3) is 0 Å². The maximum atomic E-state index is 6.22. The van der Waals surface area contributed by atoms with Crippen molar-refractivity contribution in [3.63, 3.8) is 0 Å². The second-order valence-corrected chi connectivity index (χ2v) is 6.90. The van der Waals surface area contributed by atoms with Crippen LogP contribution in [0, 0.1) is 0 Å². The van der Waals surface area contributed by atoms with E-state index in [1.54, 1.807) is 0 Å². The largest absolute Gasteiger partial charge is 0.488 e. The summed E-state index contributed by atoms with van der Waals surface area (Å²) in [5, 5.41) is 5.84. The Morgan fingerprint density at radius 2 is 1.89 bits per heavy atom. The Morgan fingerprint density at radius 1 is 1.04 bits per heavy atom. The van der Waals surface area contributed by atoms with Crippen LogP contribution in [0.1, 0.15) is 5.56 Å². The van der Waals surface area contributed by atoms with Crippen molar-refractivity contribution < 1.29 is 4.74 Å². The Labute approximate surface area is 159 Å². The number of hydrogen-bond acceptors (Lipinski definition) is 4. The molecule has 0 aliphatic heterocycles. The number of anilines is 1. The predicted octanol–water partition coefficient (Wildman–Crippen LogP) is 4.27. The molecule has 0 amide bonds. The molecule has 5 heteroatoms. The molecule has 0 aliphatic carbocycles. The number of H-pyrrole nitrogens is 1. The summed E-state index contributed by atoms with van der Waals surface area (Å²) in [5.74, 6) is 0.862. The molecule has 0 saturated heterocycles. The number of likely N-dealkylation sites (N-methyl/N-ethyl adjacent to an activating group) is 1. The summed E-state index contributed by atoms with van der Waals surface area (Å²) in [7, 11) is 4.10. The molecule has 0 unspecified atom stereocenters. The van der Waals surface area contributed by atoms with E-state index in [2.05, 4.69) is 56.6 Å². The van der Waals surface area contributed by atoms with Gasteiger partial charge in [-0.2, -0.15) is 0 Å². The van der Waals surface area contributed by atoms with E-state index in [0.29, 0.717) is 6.61 Å². The summed E-state index contributed by atoms with van der Waals surface area (Å²) in [6, 6.07) is 16.7. The van der Waals surface area contributed by atoms with Gasteiger partial charge in [0.2, 0.25) is 0 Å². The number of aromatic amines is 1. The van der Waals surface area contributed by atoms with Crippen molar-refractivity contribution in [1.29, 1.82) is 0 Å². The van der Waals surface area contributed by atoms with E-state index in [1.165, 1.54) is 5.56 Å². The van der Waals surface area contributed by atoms with Crippen molar-refractivity contribution in [2.24, 2.45) is 0 Å². The topological polar surface area (TPSA) is 53.2 Å². The highest BCUT2D eigenvalue weighted by Crippen LogP contribution is 2.37. The van der Waals surface area contributed by atoms with Gasteiger partial charge in [0.15, 0.2) is 5.75 Å². The molecule has 0 saturated carbocycles. The van der Waals surface area contributed by atoms with Crippen LogP contribution in [0.2, 0.25) is 0 Å². The lowest BCUT2D eigenvalue weighted by Crippen LogP contribution is -2.19. The summed E-state index contributed by atoms with van der Waals surface area (Å²) in [5.41, 5.74) is 4.25. The number of benzene rings is 2. The zero-order valence-corrected chi connectivity index (χ0v) is 15.7. The molecule has 4 aromatic rings. The maximum absolute atomic E-state index is 6.22. The molecule has 2 heterocycles. The quantitative estimate of drug-likeness (QED) is 0.517. The van der Waals surface area contributed by atoms with E-state index in [4.69, 9.17) is 4.74 Å². The monoisotopic (exact) mass is 360 g/mol. The first-order valence-electron chi connectivity index (χ1n) is 9.16. The number of ether oxygens (including phenoxy) is 1. The molecule has 2 aromatic heterocycles. The zero-order valence-electron chi connectivity index (χ0n) is 15.7. The highest BCUT2D eigenvalue weighted by molar-refractivity contribution is 6.10. The molecule has 0 spiro atoms. The Hall–Kier alpha value is -3.05. The van der Waals surface area contributed by atoms with Gasteiger partial charge in [-0.05, 0) is 37.9 Å². The Bertz CT molecular complexity index is 1040. The maximum Gasteiger partial charge on any atom is 0.166 e. The summed E-state index contributed by atoms with van der Waals surface area (Å²) in [6.45, 7) is 2.23. The molecular weight excluding hydrogens is 336 g/mol. The molecule has 4 rings (SSSR count). The normalized spacial score (nSPS) is 11.4. The smallest absolute Gasteiger partial charge is 0.166 e. The number of rotatable bonds is 7. The van der Waals surface area contributed by atoms with Crippen LogP contribution in [-0.4, -0.2) is 42.1 Å². The minimum Gasteiger partial charge on any atom is -0.488 e. The van der Waals surface area contributed by atoms with Gasteiger partial charge in [-0.3, -0.25) is 4.98 Å². The molecule has 0 radical (unpaired) electrons. The molecule has 2 aromatic carbocycles. The van der Waals surface area contributed by atoms with Crippen LogP contribution < -0.4 is 10.1 Å². The van der Waals surface area contributed by atoms with Gasteiger partial charge in [-0.15, -0.1) is 0 Å². The molecular formula is C22H24N4O. The summed E-state index contributed by atoms with van der Waals surface area (Å²) >= 11 is 0. The van der Waals surface area contributed by atoms with Gasteiger partial charge in [0, 0.05) is 30.1 Å². The van der Waals surface area contributed by atoms with E-state index in [-0.39, 0.29) is 0 Å². The van der Waals surface area contributed by atoms with Gasteiger partial charge < -0.3 is 19.9 Å². The average Bonchev–Trinajstić information content (AvgIpc) is 3.06. The molecule has 0 fully saturated rings. The number of nitrogens with one attached hydrogen (secondary N) is 2. The van der Waals surface area contributed by atoms with E-state index in [1.807, 2.05) is 38.6 Å². The van der Waals surface area contributed by atoms with Crippen LogP contribution in [0.25, 0.3) is 21.8 Å². The lowest BCUT2D eigenvalue weighted by molar-refractivity contribution is 0.264. The average molecular weight is 360 g/mol. The Kier molecular flexibility index (Phi) is 4.94. The predicted molar refractivity (Wildman–Crippen MR) is 111 cm³/mol. The van der Waals surface area contributed by atoms with Crippen molar-refractivity contribution in [3.05, 3.63) is 66.5 Å². The van der Waals surface area contributed by atoms with E-state index in [9.17, 15) is 0 Å². The van der Waals surface area contributed by atoms with E-state index >= 15 is 0 Å². The van der Waals surface area contributed by atoms with Gasteiger partial charge >= 0.3 is 0 Å². The van der Waals surface area contributed by atoms with Crippen molar-refractivity contribution in [2.45, 2.75) is 6.54 Å². The lowest BCUT2D eigenvalue weighted by atomic mass is 10.1. The van der Waals surface area contributed by atoms with Gasteiger partial charge in [0.05, 0.1) is 22.9 Å².